The van der Waals surface area contributed by atoms with Crippen LogP contribution < -0.4 is 5.32 Å². The summed E-state index contributed by atoms with van der Waals surface area (Å²) in [6.07, 6.45) is -43.4. The van der Waals surface area contributed by atoms with E-state index in [2.05, 4.69) is 5.32 Å². The van der Waals surface area contributed by atoms with Crippen molar-refractivity contribution in [3.05, 3.63) is 11.6 Å². The third-order valence-corrected chi connectivity index (χ3v) is 13.3. The first-order valence-electron chi connectivity index (χ1n) is 22.4. The van der Waals surface area contributed by atoms with Crippen LogP contribution in [0.1, 0.15) is 20.8 Å². The van der Waals surface area contributed by atoms with Gasteiger partial charge in [-0.1, -0.05) is 13.0 Å². The Bertz CT molecular complexity index is 1670. The molecule has 6 aliphatic rings. The van der Waals surface area contributed by atoms with Gasteiger partial charge in [0.05, 0.1) is 50.7 Å². The zero-order chi connectivity index (χ0) is 50.9. The van der Waals surface area contributed by atoms with Crippen molar-refractivity contribution < 1.29 is 139 Å². The van der Waals surface area contributed by atoms with E-state index in [1.54, 1.807) is 0 Å². The van der Waals surface area contributed by atoms with Crippen molar-refractivity contribution in [2.45, 2.75) is 192 Å². The minimum absolute atomic E-state index is 0.00355. The number of nitrogens with one attached hydrogen (secondary N) is 1. The minimum Gasteiger partial charge on any atom is -0.463 e. The van der Waals surface area contributed by atoms with Gasteiger partial charge in [0, 0.05) is 12.8 Å². The molecule has 29 heteroatoms. The molecular weight excluding hydrogens is 942 g/mol. The second-order valence-electron chi connectivity index (χ2n) is 18.0. The molecule has 0 amide bonds. The highest BCUT2D eigenvalue weighted by Gasteiger charge is 2.56. The summed E-state index contributed by atoms with van der Waals surface area (Å²) in [7, 11) is 0. The Morgan fingerprint density at radius 3 is 1.45 bits per heavy atom. The van der Waals surface area contributed by atoms with Gasteiger partial charge in [-0.3, -0.25) is 4.79 Å². The minimum atomic E-state index is -2.10. The average molecular weight is 1010 g/mol. The van der Waals surface area contributed by atoms with Crippen LogP contribution >= 0.6 is 0 Å². The van der Waals surface area contributed by atoms with Crippen molar-refractivity contribution in [3.63, 3.8) is 0 Å². The Morgan fingerprint density at radius 2 is 0.957 bits per heavy atom. The largest absolute Gasteiger partial charge is 0.463 e. The molecule has 5 heterocycles. The van der Waals surface area contributed by atoms with Gasteiger partial charge in [0.25, 0.3) is 0 Å². The predicted octanol–water partition coefficient (Wildman–Crippen LogP) is -11.1. The molecule has 0 aromatic rings. The topological polar surface area (TPSA) is 465 Å². The Hall–Kier alpha value is -1.87. The Balaban J connectivity index is 1.10. The van der Waals surface area contributed by atoms with E-state index in [4.69, 9.17) is 47.4 Å². The Labute approximate surface area is 393 Å². The molecule has 5 fully saturated rings. The van der Waals surface area contributed by atoms with Crippen LogP contribution in [0.3, 0.4) is 0 Å². The maximum atomic E-state index is 11.9. The molecule has 6 rings (SSSR count). The molecule has 5 aliphatic heterocycles. The summed E-state index contributed by atoms with van der Waals surface area (Å²) < 4.78 is 56.7. The molecule has 0 spiro atoms. The van der Waals surface area contributed by atoms with Gasteiger partial charge in [0.2, 0.25) is 0 Å². The van der Waals surface area contributed by atoms with Crippen molar-refractivity contribution in [3.8, 4) is 0 Å². The smallest absolute Gasteiger partial charge is 0.302 e. The number of carbonyl (C=O) groups is 1. The zero-order valence-corrected chi connectivity index (χ0v) is 37.4. The summed E-state index contributed by atoms with van der Waals surface area (Å²) in [5, 5.41) is 183. The predicted molar refractivity (Wildman–Crippen MR) is 216 cm³/mol. The fourth-order valence-corrected chi connectivity index (χ4v) is 9.23. The van der Waals surface area contributed by atoms with E-state index in [1.165, 1.54) is 19.9 Å². The van der Waals surface area contributed by atoms with Gasteiger partial charge in [0.15, 0.2) is 31.5 Å². The van der Waals surface area contributed by atoms with Crippen LogP contribution in [0.5, 0.6) is 0 Å². The van der Waals surface area contributed by atoms with Gasteiger partial charge in [-0.25, -0.2) is 0 Å². The Morgan fingerprint density at radius 1 is 0.522 bits per heavy atom. The monoisotopic (exact) mass is 1010 g/mol. The lowest BCUT2D eigenvalue weighted by atomic mass is 9.86. The molecule has 0 aromatic carbocycles. The van der Waals surface area contributed by atoms with Gasteiger partial charge in [-0.2, -0.15) is 0 Å². The van der Waals surface area contributed by atoms with Gasteiger partial charge in [-0.05, 0) is 12.5 Å². The number of carbonyl (C=O) groups excluding carboxylic acids is 1. The van der Waals surface area contributed by atoms with Crippen molar-refractivity contribution in [2.75, 3.05) is 33.0 Å². The second kappa shape index (κ2) is 24.0. The van der Waals surface area contributed by atoms with E-state index < -0.39 is 217 Å². The first-order chi connectivity index (χ1) is 32.6. The fraction of sp³-hybridized carbons (Fsp3) is 0.925. The fourth-order valence-electron chi connectivity index (χ4n) is 9.23. The van der Waals surface area contributed by atoms with Crippen molar-refractivity contribution in [2.24, 2.45) is 5.92 Å². The molecule has 69 heavy (non-hydrogen) atoms. The second-order valence-corrected chi connectivity index (χ2v) is 18.0. The lowest BCUT2D eigenvalue weighted by Crippen LogP contribution is -2.68. The van der Waals surface area contributed by atoms with Gasteiger partial charge >= 0.3 is 5.97 Å². The lowest BCUT2D eigenvalue weighted by Gasteiger charge is -2.50. The highest BCUT2D eigenvalue weighted by atomic mass is 16.8. The number of hydrogen-bond donors (Lipinski definition) is 18. The number of aliphatic hydroxyl groups excluding tert-OH is 17. The highest BCUT2D eigenvalue weighted by Crippen LogP contribution is 2.37. The molecule has 5 saturated heterocycles. The van der Waals surface area contributed by atoms with E-state index in [9.17, 15) is 91.6 Å². The van der Waals surface area contributed by atoms with Crippen LogP contribution in [0.2, 0.25) is 0 Å². The normalized spacial score (nSPS) is 50.9. The van der Waals surface area contributed by atoms with E-state index >= 15 is 0 Å². The van der Waals surface area contributed by atoms with Crippen LogP contribution in [0.25, 0.3) is 0 Å². The van der Waals surface area contributed by atoms with Crippen molar-refractivity contribution in [1.29, 1.82) is 0 Å². The van der Waals surface area contributed by atoms with E-state index in [-0.39, 0.29) is 5.57 Å². The zero-order valence-electron chi connectivity index (χ0n) is 37.4. The Kier molecular flexibility index (Phi) is 19.6. The summed E-state index contributed by atoms with van der Waals surface area (Å²) in [5.41, 5.74) is -0.00355. The molecular formula is C40H67NO28. The molecule has 0 bridgehead atoms. The first kappa shape index (κ1) is 56.4. The van der Waals surface area contributed by atoms with Crippen LogP contribution in [0.4, 0.5) is 0 Å². The maximum Gasteiger partial charge on any atom is 0.302 e. The molecule has 29 atom stereocenters. The highest BCUT2D eigenvalue weighted by molar-refractivity contribution is 5.65. The number of ether oxygens (including phenoxy) is 10. The summed E-state index contributed by atoms with van der Waals surface area (Å²) in [6.45, 7) is 0.0741. The third kappa shape index (κ3) is 11.9. The van der Waals surface area contributed by atoms with Gasteiger partial charge in [-0.15, -0.1) is 0 Å². The number of esters is 1. The van der Waals surface area contributed by atoms with Crippen molar-refractivity contribution >= 4 is 5.97 Å². The molecule has 1 aliphatic carbocycles. The van der Waals surface area contributed by atoms with Gasteiger partial charge < -0.3 is 139 Å². The molecule has 0 radical (unpaired) electrons. The molecule has 29 nitrogen and oxygen atoms in total. The summed E-state index contributed by atoms with van der Waals surface area (Å²) in [4.78, 5) is 11.9. The molecule has 18 N–H and O–H groups in total. The summed E-state index contributed by atoms with van der Waals surface area (Å²) in [6, 6.07) is -2.25. The van der Waals surface area contributed by atoms with Crippen LogP contribution in [0.15, 0.2) is 11.6 Å². The SMILES string of the molecule is CC(=O)OC[C@H]1O[C@H](O[C@H]2[C@@H](O)[C@@H](O)[C@@H](O[C@@H]3[C@@H](O)[C@@H](O)[C@@H](O[C@@H]4[C@@H](O)[C@@H](O)C(O)O[C@@H]4CO)O[C@@H]3CO)O[C@@H]2CO)[C@H](O)[C@H](C)[C@@H]1O[C@H]1O[C@H](C)[C@@H](NC2C=C(CO)[C@@H](O)C(O)[C@H]2O)[C@@H](O)[C@H]1O. The molecule has 3 unspecified atom stereocenters. The van der Waals surface area contributed by atoms with Crippen molar-refractivity contribution in [1.82, 2.24) is 5.32 Å². The van der Waals surface area contributed by atoms with E-state index in [0.717, 1.165) is 6.92 Å². The average Bonchev–Trinajstić information content (AvgIpc) is 3.32. The summed E-state index contributed by atoms with van der Waals surface area (Å²) >= 11 is 0. The summed E-state index contributed by atoms with van der Waals surface area (Å²) in [5.74, 6) is -1.85. The molecule has 400 valence electrons. The molecule has 0 saturated carbocycles. The standard InChI is InChI=1S/C40H67NO28/c1-10-20(47)37(65-18(9-60-12(3)46)32(10)66-38-29(56)23(50)19(11(2)61-38)41-14-4-13(5-42)21(48)24(51)22(14)49)67-34-16(7-44)63-40(30(57)26(34)53)69-35-17(8-45)64-39(31(58)27(35)54)68-33-15(6-43)62-36(59)28(55)25(33)52/h4,10-11,14-45,47-59H,5-9H2,1-3H3/t10-,11+,14?,15+,16+,17+,18+,19+,20+,21+,22-,23+,24?,25-,26-,27-,28+,29+,30+,31+,32-,33-,34+,35-,36?,37+,38+,39+,40+/m0/s1. The first-order valence-corrected chi connectivity index (χ1v) is 22.4. The van der Waals surface area contributed by atoms with Crippen LogP contribution in [0, 0.1) is 5.92 Å². The number of rotatable bonds is 16. The third-order valence-electron chi connectivity index (χ3n) is 13.3. The maximum absolute atomic E-state index is 11.9. The van der Waals surface area contributed by atoms with Crippen LogP contribution in [-0.2, 0) is 52.2 Å². The quantitative estimate of drug-likeness (QED) is 0.0504. The lowest BCUT2D eigenvalue weighted by molar-refractivity contribution is -0.389. The van der Waals surface area contributed by atoms with E-state index in [1.807, 2.05) is 0 Å². The number of aliphatic hydroxyl groups is 17. The van der Waals surface area contributed by atoms with E-state index in [0.29, 0.717) is 0 Å². The number of hydrogen-bond acceptors (Lipinski definition) is 29. The molecule has 0 aromatic heterocycles. The van der Waals surface area contributed by atoms with Gasteiger partial charge in [0.1, 0.15) is 123 Å². The van der Waals surface area contributed by atoms with Crippen LogP contribution in [-0.4, -0.2) is 298 Å².